The molecule has 4 rings (SSSR count). The van der Waals surface area contributed by atoms with Gasteiger partial charge in [-0.1, -0.05) is 12.5 Å². The van der Waals surface area contributed by atoms with E-state index in [1.807, 2.05) is 16.3 Å². The van der Waals surface area contributed by atoms with Crippen molar-refractivity contribution >= 4 is 27.3 Å². The Kier molecular flexibility index (Phi) is 5.34. The van der Waals surface area contributed by atoms with Gasteiger partial charge in [-0.3, -0.25) is 4.79 Å². The highest BCUT2D eigenvalue weighted by Crippen LogP contribution is 2.31. The fraction of sp³-hybridized carbons (Fsp3) is 0.450. The molecule has 0 unspecified atom stereocenters. The van der Waals surface area contributed by atoms with Crippen LogP contribution in [-0.4, -0.2) is 42.7 Å². The Bertz CT molecular complexity index is 899. The van der Waals surface area contributed by atoms with Gasteiger partial charge in [-0.15, -0.1) is 0 Å². The van der Waals surface area contributed by atoms with Gasteiger partial charge in [0.05, 0.1) is 4.90 Å². The van der Waals surface area contributed by atoms with Crippen molar-refractivity contribution < 1.29 is 13.2 Å². The lowest BCUT2D eigenvalue weighted by Gasteiger charge is -2.26. The van der Waals surface area contributed by atoms with Crippen LogP contribution in [0.3, 0.4) is 0 Å². The molecule has 0 spiro atoms. The van der Waals surface area contributed by atoms with E-state index in [1.54, 1.807) is 39.9 Å². The highest BCUT2D eigenvalue weighted by Gasteiger charge is 2.34. The Morgan fingerprint density at radius 1 is 1.15 bits per heavy atom. The summed E-state index contributed by atoms with van der Waals surface area (Å²) < 4.78 is 27.4. The van der Waals surface area contributed by atoms with Crippen molar-refractivity contribution in [3.63, 3.8) is 0 Å². The van der Waals surface area contributed by atoms with E-state index in [9.17, 15) is 13.2 Å². The number of thiophene rings is 1. The second-order valence-corrected chi connectivity index (χ2v) is 10.0. The summed E-state index contributed by atoms with van der Waals surface area (Å²) >= 11 is 1.62. The summed E-state index contributed by atoms with van der Waals surface area (Å²) in [4.78, 5) is 15.2. The first-order chi connectivity index (χ1) is 13.1. The number of hydrogen-bond acceptors (Lipinski definition) is 4. The lowest BCUT2D eigenvalue weighted by molar-refractivity contribution is 0.0730. The van der Waals surface area contributed by atoms with Crippen LogP contribution in [0.4, 0.5) is 0 Å². The summed E-state index contributed by atoms with van der Waals surface area (Å²) in [6, 6.07) is 8.85. The van der Waals surface area contributed by atoms with Crippen molar-refractivity contribution in [3.8, 4) is 0 Å². The first kappa shape index (κ1) is 18.7. The standard InChI is InChI=1S/C20H24N2O3S2/c23-20(22(18-7-8-18)14-16-9-12-26-15-16)17-5-4-6-19(13-17)27(24,25)21-10-2-1-3-11-21/h4-6,9,12-13,15,18H,1-3,7-8,10-11,14H2. The van der Waals surface area contributed by atoms with E-state index >= 15 is 0 Å². The third-order valence-electron chi connectivity index (χ3n) is 5.22. The smallest absolute Gasteiger partial charge is 0.254 e. The van der Waals surface area contributed by atoms with Crippen LogP contribution in [0, 0.1) is 0 Å². The predicted molar refractivity (Wildman–Crippen MR) is 106 cm³/mol. The van der Waals surface area contributed by atoms with Crippen LogP contribution in [0.1, 0.15) is 48.0 Å². The minimum atomic E-state index is -3.53. The Labute approximate surface area is 164 Å². The molecule has 1 aliphatic carbocycles. The zero-order valence-electron chi connectivity index (χ0n) is 15.2. The molecule has 2 fully saturated rings. The third-order valence-corrected chi connectivity index (χ3v) is 7.84. The van der Waals surface area contributed by atoms with E-state index < -0.39 is 10.0 Å². The monoisotopic (exact) mass is 404 g/mol. The molecule has 2 aromatic rings. The molecule has 0 radical (unpaired) electrons. The average molecular weight is 405 g/mol. The Hall–Kier alpha value is -1.70. The van der Waals surface area contributed by atoms with E-state index in [0.717, 1.165) is 37.7 Å². The van der Waals surface area contributed by atoms with E-state index in [4.69, 9.17) is 0 Å². The third kappa shape index (κ3) is 4.10. The molecule has 2 aliphatic rings. The van der Waals surface area contributed by atoms with Gasteiger partial charge >= 0.3 is 0 Å². The fourth-order valence-electron chi connectivity index (χ4n) is 3.54. The average Bonchev–Trinajstić information content (AvgIpc) is 3.42. The van der Waals surface area contributed by atoms with Crippen LogP contribution in [0.5, 0.6) is 0 Å². The molecule has 1 saturated carbocycles. The minimum Gasteiger partial charge on any atom is -0.331 e. The predicted octanol–water partition coefficient (Wildman–Crippen LogP) is 3.73. The second-order valence-electron chi connectivity index (χ2n) is 7.29. The van der Waals surface area contributed by atoms with Crippen LogP contribution in [0.15, 0.2) is 46.0 Å². The number of piperidine rings is 1. The molecule has 0 N–H and O–H groups in total. The van der Waals surface area contributed by atoms with Gasteiger partial charge in [0, 0.05) is 31.2 Å². The van der Waals surface area contributed by atoms with Gasteiger partial charge in [-0.2, -0.15) is 15.6 Å². The molecule has 0 atom stereocenters. The van der Waals surface area contributed by atoms with Crippen LogP contribution >= 0.6 is 11.3 Å². The number of rotatable bonds is 6. The van der Waals surface area contributed by atoms with Crippen molar-refractivity contribution in [2.24, 2.45) is 0 Å². The maximum absolute atomic E-state index is 13.1. The van der Waals surface area contributed by atoms with Gasteiger partial charge in [0.15, 0.2) is 0 Å². The summed E-state index contributed by atoms with van der Waals surface area (Å²) in [7, 11) is -3.53. The fourth-order valence-corrected chi connectivity index (χ4v) is 5.77. The van der Waals surface area contributed by atoms with Gasteiger partial charge in [0.1, 0.15) is 0 Å². The second kappa shape index (κ2) is 7.73. The zero-order chi connectivity index (χ0) is 18.9. The van der Waals surface area contributed by atoms with Crippen LogP contribution in [0.25, 0.3) is 0 Å². The first-order valence-corrected chi connectivity index (χ1v) is 11.9. The lowest BCUT2D eigenvalue weighted by Crippen LogP contribution is -2.36. The maximum atomic E-state index is 13.1. The molecule has 144 valence electrons. The van der Waals surface area contributed by atoms with Gasteiger partial charge in [0.25, 0.3) is 5.91 Å². The van der Waals surface area contributed by atoms with E-state index in [0.29, 0.717) is 25.2 Å². The molecule has 1 amide bonds. The Balaban J connectivity index is 1.58. The van der Waals surface area contributed by atoms with Gasteiger partial charge in [-0.05, 0) is 66.3 Å². The van der Waals surface area contributed by atoms with Crippen molar-refractivity contribution in [1.29, 1.82) is 0 Å². The molecule has 0 bridgehead atoms. The molecule has 1 aliphatic heterocycles. The number of nitrogens with zero attached hydrogens (tertiary/aromatic N) is 2. The van der Waals surface area contributed by atoms with E-state index in [-0.39, 0.29) is 16.8 Å². The number of benzene rings is 1. The molecule has 1 saturated heterocycles. The first-order valence-electron chi connectivity index (χ1n) is 9.48. The molecule has 2 heterocycles. The molecule has 1 aromatic carbocycles. The van der Waals surface area contributed by atoms with Crippen molar-refractivity contribution in [2.45, 2.75) is 49.6 Å². The lowest BCUT2D eigenvalue weighted by atomic mass is 10.2. The molecule has 27 heavy (non-hydrogen) atoms. The highest BCUT2D eigenvalue weighted by molar-refractivity contribution is 7.89. The Morgan fingerprint density at radius 3 is 2.59 bits per heavy atom. The molecule has 7 heteroatoms. The topological polar surface area (TPSA) is 57.7 Å². The van der Waals surface area contributed by atoms with Gasteiger partial charge < -0.3 is 4.90 Å². The highest BCUT2D eigenvalue weighted by atomic mass is 32.2. The summed E-state index contributed by atoms with van der Waals surface area (Å²) in [6.07, 6.45) is 4.90. The zero-order valence-corrected chi connectivity index (χ0v) is 16.8. The largest absolute Gasteiger partial charge is 0.331 e. The summed E-state index contributed by atoms with van der Waals surface area (Å²) in [5, 5.41) is 4.07. The number of carbonyl (C=O) groups excluding carboxylic acids is 1. The van der Waals surface area contributed by atoms with Gasteiger partial charge in [0.2, 0.25) is 10.0 Å². The molecular formula is C20H24N2O3S2. The van der Waals surface area contributed by atoms with Crippen molar-refractivity contribution in [3.05, 3.63) is 52.2 Å². The van der Waals surface area contributed by atoms with Gasteiger partial charge in [-0.25, -0.2) is 8.42 Å². The summed E-state index contributed by atoms with van der Waals surface area (Å²) in [5.74, 6) is -0.0839. The maximum Gasteiger partial charge on any atom is 0.254 e. The van der Waals surface area contributed by atoms with E-state index in [1.165, 1.54) is 0 Å². The number of hydrogen-bond donors (Lipinski definition) is 0. The van der Waals surface area contributed by atoms with Crippen molar-refractivity contribution in [2.75, 3.05) is 13.1 Å². The molecule has 5 nitrogen and oxygen atoms in total. The molecular weight excluding hydrogens is 380 g/mol. The number of carbonyl (C=O) groups is 1. The minimum absolute atomic E-state index is 0.0839. The summed E-state index contributed by atoms with van der Waals surface area (Å²) in [6.45, 7) is 1.70. The van der Waals surface area contributed by atoms with Crippen molar-refractivity contribution in [1.82, 2.24) is 9.21 Å². The normalized spacial score (nSPS) is 18.4. The van der Waals surface area contributed by atoms with E-state index in [2.05, 4.69) is 5.38 Å². The van der Waals surface area contributed by atoms with Crippen LogP contribution < -0.4 is 0 Å². The SMILES string of the molecule is O=C(c1cccc(S(=O)(=O)N2CCCCC2)c1)N(Cc1ccsc1)C1CC1. The molecule has 1 aromatic heterocycles. The quantitative estimate of drug-likeness (QED) is 0.737. The number of amides is 1. The van der Waals surface area contributed by atoms with Crippen LogP contribution in [-0.2, 0) is 16.6 Å². The van der Waals surface area contributed by atoms with Crippen LogP contribution in [0.2, 0.25) is 0 Å². The summed E-state index contributed by atoms with van der Waals surface area (Å²) in [5.41, 5.74) is 1.58. The Morgan fingerprint density at radius 2 is 1.93 bits per heavy atom. The number of sulfonamides is 1.